The maximum Gasteiger partial charge on any atom is 0.228 e. The molecule has 21 heavy (non-hydrogen) atoms. The molecule has 0 unspecified atom stereocenters. The lowest BCUT2D eigenvalue weighted by molar-refractivity contribution is -0.120. The second-order valence-electron chi connectivity index (χ2n) is 5.07. The van der Waals surface area contributed by atoms with Gasteiger partial charge in [-0.15, -0.1) is 0 Å². The van der Waals surface area contributed by atoms with Crippen molar-refractivity contribution in [2.24, 2.45) is 5.92 Å². The minimum Gasteiger partial charge on any atom is -0.324 e. The van der Waals surface area contributed by atoms with E-state index in [0.29, 0.717) is 35.1 Å². The third kappa shape index (κ3) is 4.32. The molecule has 0 aliphatic carbocycles. The Labute approximate surface area is 134 Å². The zero-order valence-corrected chi connectivity index (χ0v) is 13.8. The quantitative estimate of drug-likeness (QED) is 0.910. The molecule has 1 atom stereocenters. The number of nitrogens with zero attached hydrogens (tertiary/aromatic N) is 1. The largest absolute Gasteiger partial charge is 0.324 e. The highest BCUT2D eigenvalue weighted by atomic mass is 35.5. The third-order valence-electron chi connectivity index (χ3n) is 3.41. The summed E-state index contributed by atoms with van der Waals surface area (Å²) in [5.74, 6) is -0.604. The van der Waals surface area contributed by atoms with Gasteiger partial charge >= 0.3 is 0 Å². The fourth-order valence-corrected chi connectivity index (χ4v) is 3.65. The van der Waals surface area contributed by atoms with Gasteiger partial charge in [0, 0.05) is 18.1 Å². The molecule has 0 bridgehead atoms. The van der Waals surface area contributed by atoms with Crippen LogP contribution in [0, 0.1) is 5.92 Å². The van der Waals surface area contributed by atoms with Gasteiger partial charge in [0.05, 0.1) is 22.9 Å². The highest BCUT2D eigenvalue weighted by Gasteiger charge is 2.30. The van der Waals surface area contributed by atoms with Crippen LogP contribution >= 0.6 is 23.2 Å². The van der Waals surface area contributed by atoms with Crippen LogP contribution in [0.3, 0.4) is 0 Å². The molecule has 1 aromatic rings. The summed E-state index contributed by atoms with van der Waals surface area (Å²) >= 11 is 11.8. The molecule has 1 amide bonds. The Morgan fingerprint density at radius 2 is 2.10 bits per heavy atom. The number of carbonyl (C=O) groups is 1. The summed E-state index contributed by atoms with van der Waals surface area (Å²) in [6.07, 6.45) is 2.48. The Bertz CT molecular complexity index is 649. The zero-order chi connectivity index (χ0) is 15.6. The zero-order valence-electron chi connectivity index (χ0n) is 11.5. The number of anilines is 1. The first-order valence-corrected chi connectivity index (χ1v) is 9.09. The van der Waals surface area contributed by atoms with Crippen molar-refractivity contribution in [3.63, 3.8) is 0 Å². The van der Waals surface area contributed by atoms with Gasteiger partial charge in [0.15, 0.2) is 0 Å². The summed E-state index contributed by atoms with van der Waals surface area (Å²) in [5.41, 5.74) is 0.475. The van der Waals surface area contributed by atoms with Crippen LogP contribution in [0.4, 0.5) is 5.69 Å². The smallest absolute Gasteiger partial charge is 0.228 e. The van der Waals surface area contributed by atoms with Crippen LogP contribution in [0.25, 0.3) is 0 Å². The van der Waals surface area contributed by atoms with Crippen molar-refractivity contribution >= 4 is 44.8 Å². The van der Waals surface area contributed by atoms with Gasteiger partial charge in [-0.3, -0.25) is 4.79 Å². The maximum atomic E-state index is 12.3. The molecule has 8 heteroatoms. The highest BCUT2D eigenvalue weighted by molar-refractivity contribution is 7.88. The van der Waals surface area contributed by atoms with Gasteiger partial charge in [0.1, 0.15) is 0 Å². The van der Waals surface area contributed by atoms with E-state index < -0.39 is 10.0 Å². The van der Waals surface area contributed by atoms with Crippen LogP contribution in [-0.2, 0) is 14.8 Å². The van der Waals surface area contributed by atoms with Crippen molar-refractivity contribution in [3.8, 4) is 0 Å². The van der Waals surface area contributed by atoms with E-state index in [1.54, 1.807) is 18.2 Å². The number of hydrogen-bond donors (Lipinski definition) is 1. The van der Waals surface area contributed by atoms with Gasteiger partial charge in [-0.25, -0.2) is 12.7 Å². The standard InChI is InChI=1S/C13H16Cl2N2O3S/c1-21(19,20)17-6-2-3-9(8-17)13(18)16-12-5-4-10(14)7-11(12)15/h4-5,7,9H,2-3,6,8H2,1H3,(H,16,18)/t9-/m0/s1. The monoisotopic (exact) mass is 350 g/mol. The summed E-state index contributed by atoms with van der Waals surface area (Å²) < 4.78 is 24.5. The Balaban J connectivity index is 2.06. The number of hydrogen-bond acceptors (Lipinski definition) is 3. The van der Waals surface area contributed by atoms with E-state index in [1.165, 1.54) is 4.31 Å². The number of carbonyl (C=O) groups excluding carboxylic acids is 1. The van der Waals surface area contributed by atoms with Crippen molar-refractivity contribution in [1.82, 2.24) is 4.31 Å². The van der Waals surface area contributed by atoms with Crippen molar-refractivity contribution in [2.75, 3.05) is 24.7 Å². The van der Waals surface area contributed by atoms with Crippen LogP contribution in [0.1, 0.15) is 12.8 Å². The van der Waals surface area contributed by atoms with Gasteiger partial charge < -0.3 is 5.32 Å². The molecule has 2 rings (SSSR count). The lowest BCUT2D eigenvalue weighted by atomic mass is 9.99. The number of sulfonamides is 1. The fraction of sp³-hybridized carbons (Fsp3) is 0.462. The lowest BCUT2D eigenvalue weighted by Crippen LogP contribution is -2.43. The second-order valence-corrected chi connectivity index (χ2v) is 7.90. The molecule has 0 spiro atoms. The number of nitrogens with one attached hydrogen (secondary N) is 1. The predicted molar refractivity (Wildman–Crippen MR) is 84.2 cm³/mol. The molecule has 1 fully saturated rings. The molecular weight excluding hydrogens is 335 g/mol. The number of amides is 1. The third-order valence-corrected chi connectivity index (χ3v) is 5.23. The minimum atomic E-state index is -3.27. The number of benzene rings is 1. The van der Waals surface area contributed by atoms with E-state index in [1.807, 2.05) is 0 Å². The molecule has 1 aromatic carbocycles. The minimum absolute atomic E-state index is 0.204. The van der Waals surface area contributed by atoms with Crippen LogP contribution in [0.2, 0.25) is 10.0 Å². The number of rotatable bonds is 3. The van der Waals surface area contributed by atoms with Gasteiger partial charge in [-0.05, 0) is 31.0 Å². The van der Waals surface area contributed by atoms with Gasteiger partial charge in [-0.2, -0.15) is 0 Å². The van der Waals surface area contributed by atoms with Crippen LogP contribution in [0.5, 0.6) is 0 Å². The van der Waals surface area contributed by atoms with Crippen LogP contribution < -0.4 is 5.32 Å². The second kappa shape index (κ2) is 6.52. The first kappa shape index (κ1) is 16.5. The van der Waals surface area contributed by atoms with E-state index in [0.717, 1.165) is 6.26 Å². The van der Waals surface area contributed by atoms with Crippen molar-refractivity contribution in [3.05, 3.63) is 28.2 Å². The number of piperidine rings is 1. The average Bonchev–Trinajstić information content (AvgIpc) is 2.41. The topological polar surface area (TPSA) is 66.5 Å². The molecule has 1 heterocycles. The highest BCUT2D eigenvalue weighted by Crippen LogP contribution is 2.27. The summed E-state index contributed by atoms with van der Waals surface area (Å²) in [4.78, 5) is 12.3. The normalized spacial score (nSPS) is 20.2. The molecule has 5 nitrogen and oxygen atoms in total. The van der Waals surface area contributed by atoms with E-state index in [-0.39, 0.29) is 18.4 Å². The predicted octanol–water partition coefficient (Wildman–Crippen LogP) is 2.60. The van der Waals surface area contributed by atoms with E-state index in [4.69, 9.17) is 23.2 Å². The van der Waals surface area contributed by atoms with Crippen molar-refractivity contribution < 1.29 is 13.2 Å². The van der Waals surface area contributed by atoms with E-state index in [9.17, 15) is 13.2 Å². The van der Waals surface area contributed by atoms with Crippen molar-refractivity contribution in [1.29, 1.82) is 0 Å². The SMILES string of the molecule is CS(=O)(=O)N1CCC[C@H](C(=O)Nc2ccc(Cl)cc2Cl)C1. The van der Waals surface area contributed by atoms with Crippen LogP contribution in [0.15, 0.2) is 18.2 Å². The van der Waals surface area contributed by atoms with Crippen molar-refractivity contribution in [2.45, 2.75) is 12.8 Å². The summed E-state index contributed by atoms with van der Waals surface area (Å²) in [6, 6.07) is 4.80. The molecule has 0 aromatic heterocycles. The van der Waals surface area contributed by atoms with Gasteiger partial charge in [0.2, 0.25) is 15.9 Å². The van der Waals surface area contributed by atoms with E-state index in [2.05, 4.69) is 5.32 Å². The Morgan fingerprint density at radius 3 is 2.71 bits per heavy atom. The molecule has 1 aliphatic rings. The summed E-state index contributed by atoms with van der Waals surface area (Å²) in [7, 11) is -3.27. The van der Waals surface area contributed by atoms with Gasteiger partial charge in [0.25, 0.3) is 0 Å². The first-order chi connectivity index (χ1) is 9.77. The first-order valence-electron chi connectivity index (χ1n) is 6.48. The van der Waals surface area contributed by atoms with E-state index >= 15 is 0 Å². The molecule has 1 aliphatic heterocycles. The fourth-order valence-electron chi connectivity index (χ4n) is 2.28. The molecule has 0 saturated carbocycles. The molecule has 1 N–H and O–H groups in total. The van der Waals surface area contributed by atoms with Crippen LogP contribution in [-0.4, -0.2) is 38.0 Å². The Morgan fingerprint density at radius 1 is 1.38 bits per heavy atom. The van der Waals surface area contributed by atoms with Gasteiger partial charge in [-0.1, -0.05) is 23.2 Å². The molecule has 116 valence electrons. The lowest BCUT2D eigenvalue weighted by Gasteiger charge is -2.30. The molecule has 1 saturated heterocycles. The molecule has 0 radical (unpaired) electrons. The summed E-state index contributed by atoms with van der Waals surface area (Å²) in [6.45, 7) is 0.667. The Hall–Kier alpha value is -0.820. The number of halogens is 2. The summed E-state index contributed by atoms with van der Waals surface area (Å²) in [5, 5.41) is 3.57. The average molecular weight is 351 g/mol. The Kier molecular flexibility index (Phi) is 5.14. The molecular formula is C13H16Cl2N2O3S. The maximum absolute atomic E-state index is 12.3.